The summed E-state index contributed by atoms with van der Waals surface area (Å²) in [5, 5.41) is 2.83. The highest BCUT2D eigenvalue weighted by molar-refractivity contribution is 5.86. The van der Waals surface area contributed by atoms with E-state index in [9.17, 15) is 9.18 Å². The molecule has 0 radical (unpaired) electrons. The van der Waals surface area contributed by atoms with Crippen LogP contribution in [-0.2, 0) is 9.53 Å². The number of carbonyl (C=O) groups is 1. The molecule has 2 atom stereocenters. The highest BCUT2D eigenvalue weighted by Crippen LogP contribution is 2.18. The van der Waals surface area contributed by atoms with E-state index in [-0.39, 0.29) is 24.4 Å². The van der Waals surface area contributed by atoms with E-state index in [0.29, 0.717) is 13.0 Å². The van der Waals surface area contributed by atoms with Gasteiger partial charge in [-0.1, -0.05) is 12.1 Å². The van der Waals surface area contributed by atoms with Gasteiger partial charge in [0, 0.05) is 6.61 Å². The lowest BCUT2D eigenvalue weighted by atomic mass is 9.98. The van der Waals surface area contributed by atoms with Gasteiger partial charge in [-0.3, -0.25) is 4.79 Å². The average molecular weight is 252 g/mol. The minimum Gasteiger partial charge on any atom is -0.379 e. The molecule has 1 aliphatic heterocycles. The van der Waals surface area contributed by atoms with Crippen LogP contribution in [0.15, 0.2) is 24.3 Å². The predicted octanol–water partition coefficient (Wildman–Crippen LogP) is 1.12. The monoisotopic (exact) mass is 252 g/mol. The topological polar surface area (TPSA) is 64.4 Å². The van der Waals surface area contributed by atoms with Gasteiger partial charge in [-0.15, -0.1) is 0 Å². The number of hydrogen-bond donors (Lipinski definition) is 2. The Morgan fingerprint density at radius 2 is 2.17 bits per heavy atom. The molecule has 1 aromatic carbocycles. The van der Waals surface area contributed by atoms with Gasteiger partial charge in [0.05, 0.1) is 12.6 Å². The third-order valence-corrected chi connectivity index (χ3v) is 3.22. The van der Waals surface area contributed by atoms with Gasteiger partial charge in [-0.05, 0) is 31.0 Å². The van der Waals surface area contributed by atoms with Crippen LogP contribution in [0, 0.1) is 5.82 Å². The molecule has 2 unspecified atom stereocenters. The van der Waals surface area contributed by atoms with Crippen LogP contribution in [0.4, 0.5) is 4.39 Å². The molecule has 3 N–H and O–H groups in total. The van der Waals surface area contributed by atoms with Crippen molar-refractivity contribution >= 4 is 5.91 Å². The van der Waals surface area contributed by atoms with Crippen LogP contribution in [0.5, 0.6) is 0 Å². The van der Waals surface area contributed by atoms with Crippen LogP contribution in [0.2, 0.25) is 0 Å². The van der Waals surface area contributed by atoms with E-state index in [1.165, 1.54) is 12.1 Å². The number of nitrogens with one attached hydrogen (secondary N) is 1. The third-order valence-electron chi connectivity index (χ3n) is 3.22. The van der Waals surface area contributed by atoms with Gasteiger partial charge in [0.15, 0.2) is 0 Å². The van der Waals surface area contributed by atoms with Crippen molar-refractivity contribution in [2.24, 2.45) is 5.73 Å². The standard InChI is InChI=1S/C13H17FN2O2/c1-9(10-2-4-11(14)5-3-10)16-12(17)13(15)6-7-18-8-13/h2-5,9H,6-8,15H2,1H3,(H,16,17). The summed E-state index contributed by atoms with van der Waals surface area (Å²) in [4.78, 5) is 12.0. The Hall–Kier alpha value is -1.46. The molecule has 1 aliphatic rings. The highest BCUT2D eigenvalue weighted by atomic mass is 19.1. The van der Waals surface area contributed by atoms with E-state index in [0.717, 1.165) is 5.56 Å². The van der Waals surface area contributed by atoms with E-state index >= 15 is 0 Å². The molecule has 1 fully saturated rings. The maximum atomic E-state index is 12.8. The van der Waals surface area contributed by atoms with E-state index in [1.807, 2.05) is 6.92 Å². The minimum atomic E-state index is -0.936. The van der Waals surface area contributed by atoms with Crippen molar-refractivity contribution in [3.8, 4) is 0 Å². The molecule has 1 amide bonds. The van der Waals surface area contributed by atoms with Gasteiger partial charge >= 0.3 is 0 Å². The first kappa shape index (κ1) is 13.0. The Kier molecular flexibility index (Phi) is 3.63. The maximum absolute atomic E-state index is 12.8. The Bertz CT molecular complexity index is 427. The number of rotatable bonds is 3. The second-order valence-electron chi connectivity index (χ2n) is 4.71. The van der Waals surface area contributed by atoms with Crippen molar-refractivity contribution in [3.05, 3.63) is 35.6 Å². The second-order valence-corrected chi connectivity index (χ2v) is 4.71. The zero-order valence-electron chi connectivity index (χ0n) is 10.3. The van der Waals surface area contributed by atoms with Crippen LogP contribution in [0.25, 0.3) is 0 Å². The summed E-state index contributed by atoms with van der Waals surface area (Å²) in [5.41, 5.74) is 5.86. The summed E-state index contributed by atoms with van der Waals surface area (Å²) in [6, 6.07) is 5.83. The molecule has 5 heteroatoms. The van der Waals surface area contributed by atoms with Crippen molar-refractivity contribution < 1.29 is 13.9 Å². The first-order chi connectivity index (χ1) is 8.51. The number of ether oxygens (including phenoxy) is 1. The van der Waals surface area contributed by atoms with E-state index in [2.05, 4.69) is 5.32 Å². The molecular formula is C13H17FN2O2. The molecule has 0 aromatic heterocycles. The molecule has 0 aliphatic carbocycles. The Morgan fingerprint density at radius 1 is 1.50 bits per heavy atom. The fraction of sp³-hybridized carbons (Fsp3) is 0.462. The summed E-state index contributed by atoms with van der Waals surface area (Å²) in [7, 11) is 0. The largest absolute Gasteiger partial charge is 0.379 e. The summed E-state index contributed by atoms with van der Waals surface area (Å²) in [6.07, 6.45) is 0.523. The number of benzene rings is 1. The molecular weight excluding hydrogens is 235 g/mol. The molecule has 0 spiro atoms. The fourth-order valence-corrected chi connectivity index (χ4v) is 1.93. The quantitative estimate of drug-likeness (QED) is 0.847. The van der Waals surface area contributed by atoms with Crippen molar-refractivity contribution in [2.75, 3.05) is 13.2 Å². The number of halogens is 1. The number of carbonyl (C=O) groups excluding carboxylic acids is 1. The predicted molar refractivity (Wildman–Crippen MR) is 65.3 cm³/mol. The average Bonchev–Trinajstić information content (AvgIpc) is 2.78. The molecule has 1 aromatic rings. The second kappa shape index (κ2) is 5.04. The lowest BCUT2D eigenvalue weighted by molar-refractivity contribution is -0.127. The lowest BCUT2D eigenvalue weighted by Gasteiger charge is -2.24. The van der Waals surface area contributed by atoms with Crippen LogP contribution in [-0.4, -0.2) is 24.7 Å². The van der Waals surface area contributed by atoms with Gasteiger partial charge in [0.25, 0.3) is 0 Å². The maximum Gasteiger partial charge on any atom is 0.243 e. The molecule has 4 nitrogen and oxygen atoms in total. The molecule has 98 valence electrons. The van der Waals surface area contributed by atoms with Crippen LogP contribution < -0.4 is 11.1 Å². The van der Waals surface area contributed by atoms with Gasteiger partial charge in [0.1, 0.15) is 11.4 Å². The summed E-state index contributed by atoms with van der Waals surface area (Å²) >= 11 is 0. The first-order valence-electron chi connectivity index (χ1n) is 5.94. The van der Waals surface area contributed by atoms with Crippen molar-refractivity contribution in [1.82, 2.24) is 5.32 Å². The first-order valence-corrected chi connectivity index (χ1v) is 5.94. The van der Waals surface area contributed by atoms with E-state index in [1.54, 1.807) is 12.1 Å². The van der Waals surface area contributed by atoms with Crippen LogP contribution in [0.3, 0.4) is 0 Å². The molecule has 0 bridgehead atoms. The summed E-state index contributed by atoms with van der Waals surface area (Å²) < 4.78 is 17.9. The summed E-state index contributed by atoms with van der Waals surface area (Å²) in [6.45, 7) is 2.59. The van der Waals surface area contributed by atoms with Crippen LogP contribution in [0.1, 0.15) is 24.9 Å². The van der Waals surface area contributed by atoms with Gasteiger partial charge < -0.3 is 15.8 Å². The van der Waals surface area contributed by atoms with Gasteiger partial charge in [-0.25, -0.2) is 4.39 Å². The fourth-order valence-electron chi connectivity index (χ4n) is 1.93. The molecule has 18 heavy (non-hydrogen) atoms. The Balaban J connectivity index is 2.00. The normalized spacial score (nSPS) is 24.8. The minimum absolute atomic E-state index is 0.209. The van der Waals surface area contributed by atoms with Crippen LogP contribution >= 0.6 is 0 Å². The Labute approximate surface area is 105 Å². The summed E-state index contributed by atoms with van der Waals surface area (Å²) in [5.74, 6) is -0.520. The van der Waals surface area contributed by atoms with Gasteiger partial charge in [0.2, 0.25) is 5.91 Å². The highest BCUT2D eigenvalue weighted by Gasteiger charge is 2.38. The molecule has 2 rings (SSSR count). The molecule has 1 saturated heterocycles. The van der Waals surface area contributed by atoms with Crippen molar-refractivity contribution in [2.45, 2.75) is 24.9 Å². The smallest absolute Gasteiger partial charge is 0.243 e. The SMILES string of the molecule is CC(NC(=O)C1(N)CCOC1)c1ccc(F)cc1. The number of amides is 1. The number of hydrogen-bond acceptors (Lipinski definition) is 3. The Morgan fingerprint density at radius 3 is 2.72 bits per heavy atom. The lowest BCUT2D eigenvalue weighted by Crippen LogP contribution is -2.54. The van der Waals surface area contributed by atoms with E-state index in [4.69, 9.17) is 10.5 Å². The van der Waals surface area contributed by atoms with Gasteiger partial charge in [-0.2, -0.15) is 0 Å². The number of nitrogens with two attached hydrogens (primary N) is 1. The zero-order valence-corrected chi connectivity index (χ0v) is 10.3. The molecule has 0 saturated carbocycles. The zero-order chi connectivity index (χ0) is 13.2. The van der Waals surface area contributed by atoms with Crippen molar-refractivity contribution in [1.29, 1.82) is 0 Å². The molecule has 1 heterocycles. The van der Waals surface area contributed by atoms with E-state index < -0.39 is 5.54 Å². The van der Waals surface area contributed by atoms with Crippen molar-refractivity contribution in [3.63, 3.8) is 0 Å². The third kappa shape index (κ3) is 2.68.